The smallest absolute Gasteiger partial charge is 0.308 e. The van der Waals surface area contributed by atoms with Gasteiger partial charge in [-0.05, 0) is 24.7 Å². The molecule has 0 aromatic carbocycles. The Morgan fingerprint density at radius 2 is 2.06 bits per heavy atom. The molecule has 6 atom stereocenters. The molecule has 4 heteroatoms. The molecule has 3 aliphatic rings. The minimum atomic E-state index is -0.636. The van der Waals surface area contributed by atoms with Crippen LogP contribution in [0.4, 0.5) is 0 Å². The first-order valence-corrected chi connectivity index (χ1v) is 6.12. The molecule has 3 rings (SSSR count). The van der Waals surface area contributed by atoms with E-state index in [2.05, 4.69) is 0 Å². The van der Waals surface area contributed by atoms with Gasteiger partial charge in [0, 0.05) is 5.92 Å². The van der Waals surface area contributed by atoms with Gasteiger partial charge in [0.05, 0.1) is 5.92 Å². The van der Waals surface area contributed by atoms with Crippen LogP contribution in [0.25, 0.3) is 0 Å². The summed E-state index contributed by atoms with van der Waals surface area (Å²) in [5.74, 6) is 0.842. The summed E-state index contributed by atoms with van der Waals surface area (Å²) in [6.07, 6.45) is 1.18. The van der Waals surface area contributed by atoms with Crippen molar-refractivity contribution in [2.45, 2.75) is 45.2 Å². The number of hydrogen-bond donors (Lipinski definition) is 1. The normalized spacial score (nSPS) is 49.0. The van der Waals surface area contributed by atoms with Gasteiger partial charge in [0.1, 0.15) is 12.2 Å². The zero-order valence-corrected chi connectivity index (χ0v) is 9.63. The molecule has 1 saturated heterocycles. The molecular weight excluding hydrogens is 208 g/mol. The third kappa shape index (κ3) is 1.32. The van der Waals surface area contributed by atoms with Crippen LogP contribution >= 0.6 is 0 Å². The second kappa shape index (κ2) is 3.44. The van der Waals surface area contributed by atoms with E-state index >= 15 is 0 Å². The van der Waals surface area contributed by atoms with Gasteiger partial charge >= 0.3 is 5.97 Å². The molecular formula is C12H18O4. The molecule has 1 N–H and O–H groups in total. The summed E-state index contributed by atoms with van der Waals surface area (Å²) in [5, 5.41) is 9.69. The third-order valence-corrected chi connectivity index (χ3v) is 4.30. The first-order valence-electron chi connectivity index (χ1n) is 6.12. The summed E-state index contributed by atoms with van der Waals surface area (Å²) in [6.45, 7) is 3.67. The first kappa shape index (κ1) is 10.5. The Hall–Kier alpha value is -0.610. The lowest BCUT2D eigenvalue weighted by molar-refractivity contribution is -0.168. The molecule has 16 heavy (non-hydrogen) atoms. The zero-order chi connectivity index (χ0) is 11.4. The van der Waals surface area contributed by atoms with Crippen molar-refractivity contribution in [3.05, 3.63) is 0 Å². The fourth-order valence-corrected chi connectivity index (χ4v) is 3.50. The summed E-state index contributed by atoms with van der Waals surface area (Å²) in [6, 6.07) is 0. The van der Waals surface area contributed by atoms with Gasteiger partial charge in [-0.1, -0.05) is 13.8 Å². The average molecular weight is 226 g/mol. The highest BCUT2D eigenvalue weighted by atomic mass is 16.6. The molecule has 2 aliphatic carbocycles. The number of aliphatic hydroxyl groups is 1. The van der Waals surface area contributed by atoms with Crippen molar-refractivity contribution >= 4 is 5.97 Å². The number of rotatable bonds is 2. The first-order chi connectivity index (χ1) is 7.58. The second-order valence-electron chi connectivity index (χ2n) is 5.61. The molecule has 0 radical (unpaired) electrons. The monoisotopic (exact) mass is 226 g/mol. The van der Waals surface area contributed by atoms with Crippen LogP contribution in [-0.4, -0.2) is 29.6 Å². The summed E-state index contributed by atoms with van der Waals surface area (Å²) in [7, 11) is 0. The van der Waals surface area contributed by atoms with Crippen LogP contribution in [0.2, 0.25) is 0 Å². The molecule has 4 nitrogen and oxygen atoms in total. The Morgan fingerprint density at radius 1 is 1.38 bits per heavy atom. The number of fused-ring (bicyclic) bond motifs is 1. The number of carbonyl (C=O) groups is 1. The lowest BCUT2D eigenvalue weighted by Crippen LogP contribution is -2.36. The predicted octanol–water partition coefficient (Wildman–Crippen LogP) is 0.927. The summed E-state index contributed by atoms with van der Waals surface area (Å²) in [5.41, 5.74) is 0. The van der Waals surface area contributed by atoms with Crippen LogP contribution in [0.1, 0.15) is 26.7 Å². The topological polar surface area (TPSA) is 55.8 Å². The molecule has 0 aromatic rings. The van der Waals surface area contributed by atoms with Crippen LogP contribution < -0.4 is 0 Å². The van der Waals surface area contributed by atoms with Crippen molar-refractivity contribution < 1.29 is 19.4 Å². The SMILES string of the molecule is CC(C)C(=O)OC1C2CC3C(O)OC1C3C2. The lowest BCUT2D eigenvalue weighted by atomic mass is 9.87. The van der Waals surface area contributed by atoms with Crippen molar-refractivity contribution in [3.8, 4) is 0 Å². The predicted molar refractivity (Wildman–Crippen MR) is 55.3 cm³/mol. The largest absolute Gasteiger partial charge is 0.459 e. The van der Waals surface area contributed by atoms with E-state index in [-0.39, 0.29) is 30.0 Å². The molecule has 90 valence electrons. The quantitative estimate of drug-likeness (QED) is 0.712. The van der Waals surface area contributed by atoms with Crippen LogP contribution in [0.15, 0.2) is 0 Å². The fraction of sp³-hybridized carbons (Fsp3) is 0.917. The van der Waals surface area contributed by atoms with Crippen LogP contribution in [0.5, 0.6) is 0 Å². The van der Waals surface area contributed by atoms with E-state index in [1.807, 2.05) is 13.8 Å². The standard InChI is InChI=1S/C12H18O4/c1-5(2)11(13)15-9-6-3-7-8(4-6)12(14)16-10(7)9/h5-10,12,14H,3-4H2,1-2H3. The number of carbonyl (C=O) groups excluding carboxylic acids is 1. The molecule has 0 amide bonds. The Balaban J connectivity index is 1.73. The highest BCUT2D eigenvalue weighted by molar-refractivity contribution is 5.71. The van der Waals surface area contributed by atoms with Gasteiger partial charge in [-0.15, -0.1) is 0 Å². The molecule has 2 saturated carbocycles. The summed E-state index contributed by atoms with van der Waals surface area (Å²) < 4.78 is 11.0. The van der Waals surface area contributed by atoms with Gasteiger partial charge in [-0.25, -0.2) is 0 Å². The van der Waals surface area contributed by atoms with E-state index in [1.165, 1.54) is 0 Å². The maximum atomic E-state index is 11.6. The van der Waals surface area contributed by atoms with Crippen molar-refractivity contribution in [1.29, 1.82) is 0 Å². The molecule has 1 heterocycles. The Kier molecular flexibility index (Phi) is 2.27. The number of esters is 1. The molecule has 0 aromatic heterocycles. The van der Waals surface area contributed by atoms with Gasteiger partial charge in [-0.2, -0.15) is 0 Å². The number of hydrogen-bond acceptors (Lipinski definition) is 4. The maximum absolute atomic E-state index is 11.6. The summed E-state index contributed by atoms with van der Waals surface area (Å²) in [4.78, 5) is 11.6. The zero-order valence-electron chi connectivity index (χ0n) is 9.63. The van der Waals surface area contributed by atoms with Crippen molar-refractivity contribution in [1.82, 2.24) is 0 Å². The third-order valence-electron chi connectivity index (χ3n) is 4.30. The van der Waals surface area contributed by atoms with Gasteiger partial charge in [0.2, 0.25) is 0 Å². The van der Waals surface area contributed by atoms with E-state index in [1.54, 1.807) is 0 Å². The number of ether oxygens (including phenoxy) is 2. The van der Waals surface area contributed by atoms with Gasteiger partial charge in [-0.3, -0.25) is 4.79 Å². The van der Waals surface area contributed by atoms with Gasteiger partial charge in [0.15, 0.2) is 6.29 Å². The Morgan fingerprint density at radius 3 is 2.75 bits per heavy atom. The molecule has 1 aliphatic heterocycles. The van der Waals surface area contributed by atoms with Crippen LogP contribution in [-0.2, 0) is 14.3 Å². The molecule has 2 bridgehead atoms. The second-order valence-corrected chi connectivity index (χ2v) is 5.61. The minimum Gasteiger partial charge on any atom is -0.459 e. The van der Waals surface area contributed by atoms with E-state index in [0.29, 0.717) is 11.8 Å². The fourth-order valence-electron chi connectivity index (χ4n) is 3.50. The van der Waals surface area contributed by atoms with E-state index in [0.717, 1.165) is 12.8 Å². The van der Waals surface area contributed by atoms with Crippen LogP contribution in [0.3, 0.4) is 0 Å². The summed E-state index contributed by atoms with van der Waals surface area (Å²) >= 11 is 0. The minimum absolute atomic E-state index is 0.0542. The molecule has 3 fully saturated rings. The highest BCUT2D eigenvalue weighted by Crippen LogP contribution is 2.56. The highest BCUT2D eigenvalue weighted by Gasteiger charge is 2.62. The van der Waals surface area contributed by atoms with Crippen molar-refractivity contribution in [2.75, 3.05) is 0 Å². The maximum Gasteiger partial charge on any atom is 0.308 e. The van der Waals surface area contributed by atoms with Crippen LogP contribution in [0, 0.1) is 23.7 Å². The van der Waals surface area contributed by atoms with Crippen molar-refractivity contribution in [3.63, 3.8) is 0 Å². The molecule has 6 unspecified atom stereocenters. The van der Waals surface area contributed by atoms with Gasteiger partial charge in [0.25, 0.3) is 0 Å². The molecule has 0 spiro atoms. The van der Waals surface area contributed by atoms with E-state index in [4.69, 9.17) is 9.47 Å². The lowest BCUT2D eigenvalue weighted by Gasteiger charge is -2.26. The van der Waals surface area contributed by atoms with Crippen molar-refractivity contribution in [2.24, 2.45) is 23.7 Å². The average Bonchev–Trinajstić information content (AvgIpc) is 2.81. The Bertz CT molecular complexity index is 314. The Labute approximate surface area is 94.9 Å². The van der Waals surface area contributed by atoms with Gasteiger partial charge < -0.3 is 14.6 Å². The number of aliphatic hydroxyl groups excluding tert-OH is 1. The van der Waals surface area contributed by atoms with E-state index in [9.17, 15) is 9.90 Å². The van der Waals surface area contributed by atoms with E-state index < -0.39 is 6.29 Å².